The molecule has 1 heterocycles. The van der Waals surface area contributed by atoms with Crippen molar-refractivity contribution < 1.29 is 23.8 Å². The number of amides is 1. The van der Waals surface area contributed by atoms with E-state index in [0.717, 1.165) is 0 Å². The fourth-order valence-corrected chi connectivity index (χ4v) is 1.77. The van der Waals surface area contributed by atoms with Gasteiger partial charge in [0.25, 0.3) is 0 Å². The van der Waals surface area contributed by atoms with Crippen LogP contribution in [0.3, 0.4) is 0 Å². The van der Waals surface area contributed by atoms with Crippen LogP contribution in [-0.2, 0) is 14.5 Å². The normalized spacial score (nSPS) is 17.2. The van der Waals surface area contributed by atoms with Gasteiger partial charge in [0.15, 0.2) is 0 Å². The van der Waals surface area contributed by atoms with Gasteiger partial charge in [0.05, 0.1) is 6.42 Å². The number of carbonyl (C=O) groups excluding carboxylic acids is 2. The van der Waals surface area contributed by atoms with Gasteiger partial charge >= 0.3 is 12.1 Å². The van der Waals surface area contributed by atoms with Crippen molar-refractivity contribution in [1.82, 2.24) is 9.80 Å². The van der Waals surface area contributed by atoms with E-state index >= 15 is 0 Å². The van der Waals surface area contributed by atoms with E-state index in [0.29, 0.717) is 32.7 Å². The van der Waals surface area contributed by atoms with Crippen LogP contribution < -0.4 is 0 Å². The maximum atomic E-state index is 11.8. The summed E-state index contributed by atoms with van der Waals surface area (Å²) in [6.45, 7) is 8.26. The highest BCUT2D eigenvalue weighted by molar-refractivity contribution is 5.69. The Labute approximate surface area is 112 Å². The highest BCUT2D eigenvalue weighted by atomic mass is 19.3. The van der Waals surface area contributed by atoms with Gasteiger partial charge in [0.1, 0.15) is 5.60 Å². The highest BCUT2D eigenvalue weighted by Crippen LogP contribution is 2.12. The third kappa shape index (κ3) is 5.87. The van der Waals surface area contributed by atoms with Crippen LogP contribution in [0.2, 0.25) is 0 Å². The second-order valence-electron chi connectivity index (χ2n) is 5.51. The van der Waals surface area contributed by atoms with Crippen LogP contribution in [-0.4, -0.2) is 60.2 Å². The number of nitrogens with zero attached hydrogens (tertiary/aromatic N) is 2. The molecule has 0 aromatic heterocycles. The molecule has 1 fully saturated rings. The van der Waals surface area contributed by atoms with Gasteiger partial charge in [-0.2, -0.15) is 0 Å². The quantitative estimate of drug-likeness (QED) is 0.779. The molecule has 7 heteroatoms. The lowest BCUT2D eigenvalue weighted by Crippen LogP contribution is -2.50. The van der Waals surface area contributed by atoms with E-state index in [1.165, 1.54) is 0 Å². The first-order valence-electron chi connectivity index (χ1n) is 6.33. The molecule has 0 aliphatic carbocycles. The van der Waals surface area contributed by atoms with Gasteiger partial charge in [-0.3, -0.25) is 9.84 Å². The lowest BCUT2D eigenvalue weighted by Gasteiger charge is -2.35. The Hall–Kier alpha value is -1.37. The first kappa shape index (κ1) is 15.7. The molecule has 1 rings (SSSR count). The molecule has 19 heavy (non-hydrogen) atoms. The molecule has 1 amide bonds. The summed E-state index contributed by atoms with van der Waals surface area (Å²) in [5.41, 5.74) is -0.501. The number of rotatable bonds is 3. The van der Waals surface area contributed by atoms with Gasteiger partial charge in [-0.05, 0) is 20.8 Å². The number of ether oxygens (including phenoxy) is 1. The number of hydrogen-bond donors (Lipinski definition) is 0. The third-order valence-corrected chi connectivity index (χ3v) is 2.74. The minimum Gasteiger partial charge on any atom is -0.444 e. The topological polar surface area (TPSA) is 59.1 Å². The van der Waals surface area contributed by atoms with Crippen molar-refractivity contribution in [3.05, 3.63) is 0 Å². The van der Waals surface area contributed by atoms with E-state index in [2.05, 4.69) is 4.94 Å². The summed E-state index contributed by atoms with van der Waals surface area (Å²) in [6.07, 6.45) is -0.307. The molecule has 0 saturated carbocycles. The summed E-state index contributed by atoms with van der Waals surface area (Å²) < 4.78 is 16.8. The van der Waals surface area contributed by atoms with Crippen molar-refractivity contribution in [3.8, 4) is 0 Å². The average molecular weight is 276 g/mol. The van der Waals surface area contributed by atoms with Crippen LogP contribution >= 0.6 is 0 Å². The maximum Gasteiger partial charge on any atom is 0.410 e. The Kier molecular flexibility index (Phi) is 5.53. The molecule has 0 radical (unpaired) electrons. The average Bonchev–Trinajstić information content (AvgIpc) is 2.34. The van der Waals surface area contributed by atoms with Crippen molar-refractivity contribution in [2.75, 3.05) is 32.7 Å². The Morgan fingerprint density at radius 1 is 1.16 bits per heavy atom. The summed E-state index contributed by atoms with van der Waals surface area (Å²) in [4.78, 5) is 29.2. The minimum absolute atomic E-state index is 0.0168. The van der Waals surface area contributed by atoms with E-state index in [1.807, 2.05) is 25.7 Å². The monoisotopic (exact) mass is 276 g/mol. The van der Waals surface area contributed by atoms with Crippen LogP contribution in [0.25, 0.3) is 0 Å². The zero-order chi connectivity index (χ0) is 14.5. The predicted molar refractivity (Wildman–Crippen MR) is 66.1 cm³/mol. The molecule has 0 N–H and O–H groups in total. The van der Waals surface area contributed by atoms with E-state index in [9.17, 15) is 14.1 Å². The molecule has 0 unspecified atom stereocenters. The van der Waals surface area contributed by atoms with Crippen molar-refractivity contribution in [1.29, 1.82) is 0 Å². The summed E-state index contributed by atoms with van der Waals surface area (Å²) in [5, 5.41) is 0. The van der Waals surface area contributed by atoms with E-state index in [-0.39, 0.29) is 12.5 Å². The van der Waals surface area contributed by atoms with Gasteiger partial charge in [-0.15, -0.1) is 0 Å². The summed E-state index contributed by atoms with van der Waals surface area (Å²) in [7, 11) is 0. The standard InChI is InChI=1S/C12H21FN2O4/c1-12(2,3)18-11(17)15-8-6-14(7-9-15)5-4-10(16)19-13/h4-9H2,1-3H3. The SMILES string of the molecule is CC(C)(C)OC(=O)N1CCN(CCC(=O)OF)CC1. The molecule has 1 saturated heterocycles. The maximum absolute atomic E-state index is 11.8. The lowest BCUT2D eigenvalue weighted by atomic mass is 10.2. The Balaban J connectivity index is 2.29. The van der Waals surface area contributed by atoms with Gasteiger partial charge in [-0.25, -0.2) is 9.59 Å². The number of hydrogen-bond acceptors (Lipinski definition) is 5. The number of piperazine rings is 1. The first-order valence-corrected chi connectivity index (χ1v) is 6.33. The van der Waals surface area contributed by atoms with Crippen molar-refractivity contribution in [2.24, 2.45) is 0 Å². The minimum atomic E-state index is -0.866. The van der Waals surface area contributed by atoms with Crippen LogP contribution in [0.15, 0.2) is 0 Å². The molecule has 110 valence electrons. The van der Waals surface area contributed by atoms with Crippen molar-refractivity contribution in [3.63, 3.8) is 0 Å². The number of halogens is 1. The van der Waals surface area contributed by atoms with Crippen LogP contribution in [0, 0.1) is 0 Å². The summed E-state index contributed by atoms with van der Waals surface area (Å²) in [5.74, 6) is -0.866. The Bertz CT molecular complexity index is 322. The molecular formula is C12H21FN2O4. The molecule has 1 aliphatic heterocycles. The number of carbonyl (C=O) groups is 2. The molecule has 0 spiro atoms. The van der Waals surface area contributed by atoms with Crippen LogP contribution in [0.5, 0.6) is 0 Å². The van der Waals surface area contributed by atoms with Crippen molar-refractivity contribution >= 4 is 12.1 Å². The highest BCUT2D eigenvalue weighted by Gasteiger charge is 2.25. The molecule has 6 nitrogen and oxygen atoms in total. The smallest absolute Gasteiger partial charge is 0.410 e. The molecule has 0 atom stereocenters. The third-order valence-electron chi connectivity index (χ3n) is 2.74. The summed E-state index contributed by atoms with van der Waals surface area (Å²) in [6, 6.07) is 0. The predicted octanol–water partition coefficient (Wildman–Crippen LogP) is 1.36. The van der Waals surface area contributed by atoms with Gasteiger partial charge in [0, 0.05) is 37.2 Å². The molecular weight excluding hydrogens is 255 g/mol. The van der Waals surface area contributed by atoms with Crippen LogP contribution in [0.4, 0.5) is 9.32 Å². The van der Waals surface area contributed by atoms with E-state index in [4.69, 9.17) is 4.74 Å². The van der Waals surface area contributed by atoms with Gasteiger partial charge in [0.2, 0.25) is 0 Å². The summed E-state index contributed by atoms with van der Waals surface area (Å²) >= 11 is 0. The van der Waals surface area contributed by atoms with Gasteiger partial charge in [-0.1, -0.05) is 0 Å². The van der Waals surface area contributed by atoms with Crippen molar-refractivity contribution in [2.45, 2.75) is 32.8 Å². The Morgan fingerprint density at radius 3 is 2.21 bits per heavy atom. The largest absolute Gasteiger partial charge is 0.444 e. The molecule has 0 aromatic rings. The van der Waals surface area contributed by atoms with E-state index < -0.39 is 11.6 Å². The fraction of sp³-hybridized carbons (Fsp3) is 0.833. The lowest BCUT2D eigenvalue weighted by molar-refractivity contribution is -0.184. The zero-order valence-corrected chi connectivity index (χ0v) is 11.6. The fourth-order valence-electron chi connectivity index (χ4n) is 1.77. The second kappa shape index (κ2) is 6.70. The first-order chi connectivity index (χ1) is 8.81. The Morgan fingerprint density at radius 2 is 1.74 bits per heavy atom. The van der Waals surface area contributed by atoms with Gasteiger partial charge < -0.3 is 9.64 Å². The zero-order valence-electron chi connectivity index (χ0n) is 11.6. The molecule has 0 bridgehead atoms. The molecule has 1 aliphatic rings. The van der Waals surface area contributed by atoms with Crippen LogP contribution in [0.1, 0.15) is 27.2 Å². The molecule has 0 aromatic carbocycles. The van der Waals surface area contributed by atoms with E-state index in [1.54, 1.807) is 4.90 Å². The second-order valence-corrected chi connectivity index (χ2v) is 5.51.